The van der Waals surface area contributed by atoms with Crippen LogP contribution in [-0.4, -0.2) is 38.3 Å². The minimum atomic E-state index is -2.90. The van der Waals surface area contributed by atoms with Crippen LogP contribution in [0, 0.1) is 5.82 Å². The lowest BCUT2D eigenvalue weighted by molar-refractivity contribution is -0.0398. The second-order valence-electron chi connectivity index (χ2n) is 8.63. The lowest BCUT2D eigenvalue weighted by atomic mass is 9.81. The minimum Gasteiger partial charge on any atom is -0.465 e. The molecule has 194 valence electrons. The number of piperidine rings is 1. The number of pyridine rings is 1. The average Bonchev–Trinajstić information content (AvgIpc) is 2.88. The summed E-state index contributed by atoms with van der Waals surface area (Å²) in [6, 6.07) is 8.65. The van der Waals surface area contributed by atoms with Gasteiger partial charge in [0.05, 0.1) is 35.4 Å². The molecule has 6 nitrogen and oxygen atoms in total. The number of anilines is 1. The quantitative estimate of drug-likeness (QED) is 0.375. The molecule has 0 spiro atoms. The Hall–Kier alpha value is -2.88. The van der Waals surface area contributed by atoms with E-state index in [-0.39, 0.29) is 18.0 Å². The van der Waals surface area contributed by atoms with Crippen LogP contribution in [0.15, 0.2) is 42.6 Å². The number of alkyl halides is 2. The van der Waals surface area contributed by atoms with E-state index < -0.39 is 35.4 Å². The van der Waals surface area contributed by atoms with Gasteiger partial charge in [-0.15, -0.1) is 12.4 Å². The number of ether oxygens (including phenoxy) is 2. The molecule has 1 fully saturated rings. The van der Waals surface area contributed by atoms with E-state index in [4.69, 9.17) is 9.47 Å². The summed E-state index contributed by atoms with van der Waals surface area (Å²) >= 11 is 0. The molecule has 10 heteroatoms. The van der Waals surface area contributed by atoms with E-state index in [0.29, 0.717) is 40.6 Å². The normalized spacial score (nSPS) is 15.9. The van der Waals surface area contributed by atoms with Gasteiger partial charge in [-0.2, -0.15) is 0 Å². The van der Waals surface area contributed by atoms with E-state index in [2.05, 4.69) is 15.6 Å². The third-order valence-corrected chi connectivity index (χ3v) is 6.71. The van der Waals surface area contributed by atoms with Gasteiger partial charge in [-0.1, -0.05) is 18.2 Å². The van der Waals surface area contributed by atoms with Gasteiger partial charge in [-0.3, -0.25) is 4.98 Å². The summed E-state index contributed by atoms with van der Waals surface area (Å²) in [4.78, 5) is 17.1. The van der Waals surface area contributed by atoms with E-state index in [1.54, 1.807) is 32.4 Å². The molecule has 36 heavy (non-hydrogen) atoms. The molecule has 2 aromatic carbocycles. The Morgan fingerprint density at radius 3 is 2.47 bits per heavy atom. The molecule has 0 saturated carbocycles. The number of hydrogen-bond acceptors (Lipinski definition) is 6. The van der Waals surface area contributed by atoms with Crippen LogP contribution in [0.1, 0.15) is 59.3 Å². The van der Waals surface area contributed by atoms with Crippen molar-refractivity contribution in [3.05, 3.63) is 70.7 Å². The van der Waals surface area contributed by atoms with Gasteiger partial charge >= 0.3 is 5.97 Å². The zero-order chi connectivity index (χ0) is 25.2. The van der Waals surface area contributed by atoms with Crippen LogP contribution in [0.3, 0.4) is 0 Å². The van der Waals surface area contributed by atoms with Crippen molar-refractivity contribution in [2.24, 2.45) is 0 Å². The van der Waals surface area contributed by atoms with Crippen LogP contribution >= 0.6 is 12.4 Å². The average molecular weight is 524 g/mol. The number of hydrogen-bond donors (Lipinski definition) is 2. The summed E-state index contributed by atoms with van der Waals surface area (Å²) in [5, 5.41) is 7.24. The maximum atomic E-state index is 14.8. The first-order chi connectivity index (χ1) is 16.8. The van der Waals surface area contributed by atoms with E-state index in [0.717, 1.165) is 19.2 Å². The van der Waals surface area contributed by atoms with Gasteiger partial charge in [0, 0.05) is 29.9 Å². The Bertz CT molecular complexity index is 1240. The summed E-state index contributed by atoms with van der Waals surface area (Å²) in [5.74, 6) is -1.42. The minimum absolute atomic E-state index is 0. The number of rotatable bonds is 7. The van der Waals surface area contributed by atoms with Crippen molar-refractivity contribution in [1.29, 1.82) is 0 Å². The first-order valence-electron chi connectivity index (χ1n) is 11.4. The zero-order valence-corrected chi connectivity index (χ0v) is 21.1. The molecule has 1 atom stereocenters. The van der Waals surface area contributed by atoms with E-state index in [9.17, 15) is 18.0 Å². The highest BCUT2D eigenvalue weighted by Crippen LogP contribution is 2.40. The Kier molecular flexibility index (Phi) is 8.81. The molecule has 3 aromatic rings. The first kappa shape index (κ1) is 27.7. The lowest BCUT2D eigenvalue weighted by Crippen LogP contribution is -2.42. The number of nitrogens with zero attached hydrogens (tertiary/aromatic N) is 1. The zero-order valence-electron chi connectivity index (χ0n) is 20.2. The van der Waals surface area contributed by atoms with Crippen molar-refractivity contribution in [3.8, 4) is 0 Å². The Morgan fingerprint density at radius 2 is 1.83 bits per heavy atom. The number of benzene rings is 2. The smallest absolute Gasteiger partial charge is 0.338 e. The Balaban J connectivity index is 0.00000361. The first-order valence-corrected chi connectivity index (χ1v) is 11.4. The van der Waals surface area contributed by atoms with E-state index in [1.807, 2.05) is 6.07 Å². The number of methoxy groups -OCH3 is 2. The number of aromatic nitrogens is 1. The van der Waals surface area contributed by atoms with Crippen molar-refractivity contribution < 1.29 is 27.4 Å². The highest BCUT2D eigenvalue weighted by atomic mass is 35.5. The van der Waals surface area contributed by atoms with E-state index in [1.165, 1.54) is 19.2 Å². The molecule has 2 heterocycles. The number of halogens is 4. The summed E-state index contributed by atoms with van der Waals surface area (Å²) in [6.07, 6.45) is -0.0205. The van der Waals surface area contributed by atoms with Crippen LogP contribution in [0.25, 0.3) is 10.9 Å². The second kappa shape index (κ2) is 11.5. The summed E-state index contributed by atoms with van der Waals surface area (Å²) in [5.41, 5.74) is 1.03. The predicted octanol–water partition coefficient (Wildman–Crippen LogP) is 5.92. The third kappa shape index (κ3) is 5.14. The largest absolute Gasteiger partial charge is 0.465 e. The molecule has 1 aromatic heterocycles. The van der Waals surface area contributed by atoms with Crippen LogP contribution in [0.2, 0.25) is 0 Å². The van der Waals surface area contributed by atoms with Crippen LogP contribution < -0.4 is 10.6 Å². The topological polar surface area (TPSA) is 72.5 Å². The van der Waals surface area contributed by atoms with Gasteiger partial charge in [-0.25, -0.2) is 18.0 Å². The van der Waals surface area contributed by atoms with Crippen molar-refractivity contribution in [2.45, 2.75) is 37.8 Å². The standard InChI is InChI=1S/C26H28F3N3O3.ClH/c1-15(16-5-4-6-17(23(16)27)24(28)29)32-21-7-10-31-22-14-18(25(33)34-2)20(13-19(21)22)26(35-3)8-11-30-12-9-26;/h4-7,10,13-15,24,30H,8-9,11-12H2,1-3H3,(H,31,32);1H/t15-;/m1./s1. The van der Waals surface area contributed by atoms with Gasteiger partial charge in [-0.05, 0) is 56.6 Å². The third-order valence-electron chi connectivity index (χ3n) is 6.71. The van der Waals surface area contributed by atoms with Gasteiger partial charge in [0.2, 0.25) is 0 Å². The number of carbonyl (C=O) groups is 1. The fourth-order valence-corrected chi connectivity index (χ4v) is 4.77. The Labute approximate surface area is 214 Å². The number of esters is 1. The second-order valence-corrected chi connectivity index (χ2v) is 8.63. The monoisotopic (exact) mass is 523 g/mol. The van der Waals surface area contributed by atoms with Crippen LogP contribution in [0.5, 0.6) is 0 Å². The summed E-state index contributed by atoms with van der Waals surface area (Å²) in [7, 11) is 2.95. The molecule has 0 aliphatic carbocycles. The fourth-order valence-electron chi connectivity index (χ4n) is 4.77. The summed E-state index contributed by atoms with van der Waals surface area (Å²) < 4.78 is 52.2. The lowest BCUT2D eigenvalue weighted by Gasteiger charge is -2.38. The number of carbonyl (C=O) groups excluding carboxylic acids is 1. The van der Waals surface area contributed by atoms with Crippen LogP contribution in [-0.2, 0) is 15.1 Å². The van der Waals surface area contributed by atoms with Crippen molar-refractivity contribution in [3.63, 3.8) is 0 Å². The molecular weight excluding hydrogens is 495 g/mol. The Morgan fingerprint density at radius 1 is 1.14 bits per heavy atom. The van der Waals surface area contributed by atoms with E-state index >= 15 is 0 Å². The highest BCUT2D eigenvalue weighted by Gasteiger charge is 2.38. The van der Waals surface area contributed by atoms with Crippen molar-refractivity contribution in [2.75, 3.05) is 32.6 Å². The van der Waals surface area contributed by atoms with Gasteiger partial charge in [0.25, 0.3) is 6.43 Å². The molecular formula is C26H29ClF3N3O3. The molecule has 0 radical (unpaired) electrons. The van der Waals surface area contributed by atoms with Gasteiger partial charge in [0.15, 0.2) is 0 Å². The van der Waals surface area contributed by atoms with Gasteiger partial charge in [0.1, 0.15) is 5.82 Å². The SMILES string of the molecule is COC(=O)c1cc2nccc(N[C@H](C)c3cccc(C(F)F)c3F)c2cc1C1(OC)CCNCC1.Cl. The highest BCUT2D eigenvalue weighted by molar-refractivity contribution is 6.00. The van der Waals surface area contributed by atoms with Crippen molar-refractivity contribution in [1.82, 2.24) is 10.3 Å². The number of fused-ring (bicyclic) bond motifs is 1. The maximum absolute atomic E-state index is 14.8. The fraction of sp³-hybridized carbons (Fsp3) is 0.385. The molecule has 0 bridgehead atoms. The predicted molar refractivity (Wildman–Crippen MR) is 135 cm³/mol. The molecule has 1 aliphatic rings. The van der Waals surface area contributed by atoms with Gasteiger partial charge < -0.3 is 20.1 Å². The maximum Gasteiger partial charge on any atom is 0.338 e. The molecule has 4 rings (SSSR count). The molecule has 2 N–H and O–H groups in total. The molecule has 0 unspecified atom stereocenters. The molecule has 1 aliphatic heterocycles. The van der Waals surface area contributed by atoms with Crippen LogP contribution in [0.4, 0.5) is 18.9 Å². The van der Waals surface area contributed by atoms with Crippen molar-refractivity contribution >= 4 is 35.0 Å². The number of nitrogens with one attached hydrogen (secondary N) is 2. The molecule has 0 amide bonds. The summed E-state index contributed by atoms with van der Waals surface area (Å²) in [6.45, 7) is 3.15. The molecule has 1 saturated heterocycles.